The van der Waals surface area contributed by atoms with Crippen LogP contribution in [0.15, 0.2) is 11.1 Å². The number of allylic oxidation sites excluding steroid dienone is 2. The summed E-state index contributed by atoms with van der Waals surface area (Å²) in [6.07, 6.45) is 10.1. The number of hydrogen-bond acceptors (Lipinski definition) is 1. The molecule has 1 fully saturated rings. The molecule has 1 unspecified atom stereocenters. The van der Waals surface area contributed by atoms with E-state index in [1.54, 1.807) is 5.57 Å². The second-order valence-electron chi connectivity index (χ2n) is 4.30. The molecule has 0 aromatic heterocycles. The zero-order valence-corrected chi connectivity index (χ0v) is 8.18. The Labute approximate surface area is 80.4 Å². The Morgan fingerprint density at radius 1 is 1.15 bits per heavy atom. The van der Waals surface area contributed by atoms with Crippen LogP contribution in [0.5, 0.6) is 0 Å². The number of nitriles is 1. The lowest BCUT2D eigenvalue weighted by Gasteiger charge is -2.31. The molecule has 0 aromatic carbocycles. The molecule has 0 bridgehead atoms. The number of nitrogens with zero attached hydrogens (tertiary/aromatic N) is 1. The van der Waals surface area contributed by atoms with Crippen molar-refractivity contribution in [1.29, 1.82) is 5.26 Å². The van der Waals surface area contributed by atoms with Gasteiger partial charge in [0.25, 0.3) is 0 Å². The maximum atomic E-state index is 8.72. The Hall–Kier alpha value is -0.770. The van der Waals surface area contributed by atoms with Crippen molar-refractivity contribution in [3.05, 3.63) is 11.1 Å². The smallest absolute Gasteiger partial charge is 0.0666 e. The van der Waals surface area contributed by atoms with Crippen molar-refractivity contribution < 1.29 is 0 Å². The van der Waals surface area contributed by atoms with Gasteiger partial charge in [-0.2, -0.15) is 5.26 Å². The van der Waals surface area contributed by atoms with Gasteiger partial charge in [0.1, 0.15) is 0 Å². The molecule has 0 heterocycles. The maximum Gasteiger partial charge on any atom is 0.0666 e. The number of hydrogen-bond donors (Lipinski definition) is 0. The van der Waals surface area contributed by atoms with Gasteiger partial charge in [0.2, 0.25) is 0 Å². The van der Waals surface area contributed by atoms with Crippen molar-refractivity contribution in [3.8, 4) is 6.07 Å². The Morgan fingerprint density at radius 3 is 2.85 bits per heavy atom. The van der Waals surface area contributed by atoms with E-state index in [1.807, 2.05) is 0 Å². The van der Waals surface area contributed by atoms with Crippen molar-refractivity contribution in [2.75, 3.05) is 0 Å². The summed E-state index contributed by atoms with van der Waals surface area (Å²) in [5, 5.41) is 8.72. The molecular weight excluding hydrogens is 158 g/mol. The van der Waals surface area contributed by atoms with Gasteiger partial charge in [0, 0.05) is 0 Å². The topological polar surface area (TPSA) is 23.8 Å². The molecule has 2 rings (SSSR count). The van der Waals surface area contributed by atoms with Gasteiger partial charge in [-0.3, -0.25) is 0 Å². The standard InChI is InChI=1S/C12H17N/c13-9-8-11-6-3-5-10-4-1-2-7-12(10)11/h10H,1-8H2. The van der Waals surface area contributed by atoms with Crippen LogP contribution in [0.3, 0.4) is 0 Å². The highest BCUT2D eigenvalue weighted by Gasteiger charge is 2.24. The number of rotatable bonds is 1. The van der Waals surface area contributed by atoms with Crippen LogP contribution in [0.1, 0.15) is 51.4 Å². The van der Waals surface area contributed by atoms with Crippen LogP contribution in [-0.4, -0.2) is 0 Å². The SMILES string of the molecule is N#CCC1=C2CCCCC2CCC1. The van der Waals surface area contributed by atoms with Gasteiger partial charge in [0.05, 0.1) is 12.5 Å². The zero-order chi connectivity index (χ0) is 9.10. The monoisotopic (exact) mass is 175 g/mol. The van der Waals surface area contributed by atoms with Crippen LogP contribution in [0.2, 0.25) is 0 Å². The Balaban J connectivity index is 2.19. The highest BCUT2D eigenvalue weighted by Crippen LogP contribution is 2.40. The molecule has 0 N–H and O–H groups in total. The molecular formula is C12H17N. The van der Waals surface area contributed by atoms with Crippen molar-refractivity contribution in [2.45, 2.75) is 51.4 Å². The minimum Gasteiger partial charge on any atom is -0.198 e. The van der Waals surface area contributed by atoms with E-state index in [9.17, 15) is 0 Å². The summed E-state index contributed by atoms with van der Waals surface area (Å²) in [6.45, 7) is 0. The van der Waals surface area contributed by atoms with E-state index < -0.39 is 0 Å². The molecule has 1 heteroatoms. The molecule has 2 aliphatic rings. The first kappa shape index (κ1) is 8.81. The largest absolute Gasteiger partial charge is 0.198 e. The molecule has 0 amide bonds. The Kier molecular flexibility index (Phi) is 2.68. The first-order chi connectivity index (χ1) is 6.42. The molecule has 70 valence electrons. The summed E-state index contributed by atoms with van der Waals surface area (Å²) in [7, 11) is 0. The van der Waals surface area contributed by atoms with E-state index >= 15 is 0 Å². The van der Waals surface area contributed by atoms with Crippen LogP contribution in [0, 0.1) is 17.2 Å². The molecule has 0 saturated heterocycles. The highest BCUT2D eigenvalue weighted by atomic mass is 14.3. The third-order valence-corrected chi connectivity index (χ3v) is 3.52. The minimum atomic E-state index is 0.700. The van der Waals surface area contributed by atoms with E-state index in [2.05, 4.69) is 6.07 Å². The van der Waals surface area contributed by atoms with Gasteiger partial charge < -0.3 is 0 Å². The second kappa shape index (κ2) is 3.96. The van der Waals surface area contributed by atoms with E-state index in [4.69, 9.17) is 5.26 Å². The van der Waals surface area contributed by atoms with Crippen LogP contribution in [0.25, 0.3) is 0 Å². The van der Waals surface area contributed by atoms with Gasteiger partial charge in [-0.25, -0.2) is 0 Å². The fraction of sp³-hybridized carbons (Fsp3) is 0.750. The molecule has 1 saturated carbocycles. The van der Waals surface area contributed by atoms with Crippen LogP contribution < -0.4 is 0 Å². The van der Waals surface area contributed by atoms with E-state index in [1.165, 1.54) is 50.5 Å². The molecule has 2 aliphatic carbocycles. The molecule has 1 nitrogen and oxygen atoms in total. The van der Waals surface area contributed by atoms with E-state index in [0.29, 0.717) is 6.42 Å². The molecule has 1 atom stereocenters. The van der Waals surface area contributed by atoms with Gasteiger partial charge in [-0.1, -0.05) is 17.6 Å². The summed E-state index contributed by atoms with van der Waals surface area (Å²) in [5.41, 5.74) is 3.18. The molecule has 0 radical (unpaired) electrons. The molecule has 0 spiro atoms. The van der Waals surface area contributed by atoms with Gasteiger partial charge in [-0.15, -0.1) is 0 Å². The fourth-order valence-electron chi connectivity index (χ4n) is 2.89. The van der Waals surface area contributed by atoms with E-state index in [0.717, 1.165) is 5.92 Å². The predicted molar refractivity (Wildman–Crippen MR) is 53.1 cm³/mol. The summed E-state index contributed by atoms with van der Waals surface area (Å²) in [5.74, 6) is 0.867. The summed E-state index contributed by atoms with van der Waals surface area (Å²) >= 11 is 0. The molecule has 0 aromatic rings. The van der Waals surface area contributed by atoms with Gasteiger partial charge in [-0.05, 0) is 44.4 Å². The Bertz CT molecular complexity index is 257. The third-order valence-electron chi connectivity index (χ3n) is 3.52. The normalized spacial score (nSPS) is 28.1. The van der Waals surface area contributed by atoms with Crippen LogP contribution >= 0.6 is 0 Å². The maximum absolute atomic E-state index is 8.72. The lowest BCUT2D eigenvalue weighted by atomic mass is 9.74. The lowest BCUT2D eigenvalue weighted by Crippen LogP contribution is -2.16. The third kappa shape index (κ3) is 1.77. The van der Waals surface area contributed by atoms with Crippen molar-refractivity contribution >= 4 is 0 Å². The zero-order valence-electron chi connectivity index (χ0n) is 8.18. The van der Waals surface area contributed by atoms with E-state index in [-0.39, 0.29) is 0 Å². The lowest BCUT2D eigenvalue weighted by molar-refractivity contribution is 0.391. The first-order valence-corrected chi connectivity index (χ1v) is 5.49. The average molecular weight is 175 g/mol. The molecule has 0 aliphatic heterocycles. The van der Waals surface area contributed by atoms with Crippen molar-refractivity contribution in [3.63, 3.8) is 0 Å². The minimum absolute atomic E-state index is 0.700. The van der Waals surface area contributed by atoms with Crippen molar-refractivity contribution in [2.24, 2.45) is 5.92 Å². The summed E-state index contributed by atoms with van der Waals surface area (Å²) in [4.78, 5) is 0. The van der Waals surface area contributed by atoms with Gasteiger partial charge >= 0.3 is 0 Å². The summed E-state index contributed by atoms with van der Waals surface area (Å²) < 4.78 is 0. The van der Waals surface area contributed by atoms with Crippen LogP contribution in [-0.2, 0) is 0 Å². The average Bonchev–Trinajstić information content (AvgIpc) is 2.19. The van der Waals surface area contributed by atoms with Crippen molar-refractivity contribution in [1.82, 2.24) is 0 Å². The Morgan fingerprint density at radius 2 is 2.00 bits per heavy atom. The first-order valence-electron chi connectivity index (χ1n) is 5.49. The number of fused-ring (bicyclic) bond motifs is 1. The quantitative estimate of drug-likeness (QED) is 0.559. The van der Waals surface area contributed by atoms with Crippen LogP contribution in [0.4, 0.5) is 0 Å². The highest BCUT2D eigenvalue weighted by molar-refractivity contribution is 5.23. The molecule has 13 heavy (non-hydrogen) atoms. The second-order valence-corrected chi connectivity index (χ2v) is 4.30. The predicted octanol–water partition coefficient (Wildman–Crippen LogP) is 3.57. The summed E-state index contributed by atoms with van der Waals surface area (Å²) in [6, 6.07) is 2.31. The fourth-order valence-corrected chi connectivity index (χ4v) is 2.89. The van der Waals surface area contributed by atoms with Gasteiger partial charge in [0.15, 0.2) is 0 Å².